The Morgan fingerprint density at radius 1 is 1.06 bits per heavy atom. The molecule has 2 aromatic rings. The van der Waals surface area contributed by atoms with E-state index in [1.165, 1.54) is 12.1 Å². The molecule has 0 aliphatic heterocycles. The Bertz CT molecular complexity index is 450. The first kappa shape index (κ1) is 11.1. The number of rotatable bonds is 3. The summed E-state index contributed by atoms with van der Waals surface area (Å²) in [7, 11) is 0. The Balaban J connectivity index is 2.05. The van der Waals surface area contributed by atoms with Crippen molar-refractivity contribution in [2.75, 3.05) is 0 Å². The summed E-state index contributed by atoms with van der Waals surface area (Å²) in [5.41, 5.74) is 1.06. The minimum Gasteiger partial charge on any atom is -0.489 e. The van der Waals surface area contributed by atoms with Crippen LogP contribution in [-0.2, 0) is 6.61 Å². The average Bonchev–Trinajstić information content (AvgIpc) is 2.27. The fourth-order valence-corrected chi connectivity index (χ4v) is 1.80. The molecule has 0 N–H and O–H groups in total. The molecule has 3 heteroatoms. The number of benzene rings is 2. The van der Waals surface area contributed by atoms with Crippen LogP contribution in [0, 0.1) is 5.82 Å². The van der Waals surface area contributed by atoms with Crippen LogP contribution in [0.5, 0.6) is 5.75 Å². The van der Waals surface area contributed by atoms with E-state index in [2.05, 4.69) is 15.9 Å². The van der Waals surface area contributed by atoms with Crippen molar-refractivity contribution >= 4 is 15.9 Å². The summed E-state index contributed by atoms with van der Waals surface area (Å²) in [6, 6.07) is 14.3. The van der Waals surface area contributed by atoms with Crippen LogP contribution in [-0.4, -0.2) is 0 Å². The van der Waals surface area contributed by atoms with Crippen molar-refractivity contribution < 1.29 is 9.13 Å². The summed E-state index contributed by atoms with van der Waals surface area (Å²) in [6.07, 6.45) is 0. The Morgan fingerprint density at radius 3 is 2.50 bits per heavy atom. The first-order valence-corrected chi connectivity index (χ1v) is 5.66. The Morgan fingerprint density at radius 2 is 1.81 bits per heavy atom. The minimum absolute atomic E-state index is 0.308. The van der Waals surface area contributed by atoms with Crippen LogP contribution in [0.1, 0.15) is 5.56 Å². The molecule has 0 saturated heterocycles. The van der Waals surface area contributed by atoms with Gasteiger partial charge in [-0.15, -0.1) is 0 Å². The molecule has 0 atom stereocenters. The summed E-state index contributed by atoms with van der Waals surface area (Å²) >= 11 is 3.22. The predicted octanol–water partition coefficient (Wildman–Crippen LogP) is 4.17. The van der Waals surface area contributed by atoms with Gasteiger partial charge in [0, 0.05) is 10.5 Å². The van der Waals surface area contributed by atoms with Crippen molar-refractivity contribution in [2.24, 2.45) is 0 Å². The summed E-state index contributed by atoms with van der Waals surface area (Å²) in [6.45, 7) is 0.441. The molecule has 0 saturated carbocycles. The molecule has 0 spiro atoms. The van der Waals surface area contributed by atoms with E-state index in [4.69, 9.17) is 4.74 Å². The molecule has 2 aromatic carbocycles. The second-order valence-electron chi connectivity index (χ2n) is 3.38. The lowest BCUT2D eigenvalue weighted by molar-refractivity contribution is 0.304. The van der Waals surface area contributed by atoms with Crippen molar-refractivity contribution in [3.8, 4) is 5.75 Å². The van der Waals surface area contributed by atoms with Gasteiger partial charge in [0.05, 0.1) is 0 Å². The van der Waals surface area contributed by atoms with E-state index in [0.29, 0.717) is 16.8 Å². The maximum Gasteiger partial charge on any atom is 0.128 e. The molecule has 0 aliphatic carbocycles. The van der Waals surface area contributed by atoms with E-state index in [1.807, 2.05) is 30.3 Å². The largest absolute Gasteiger partial charge is 0.489 e. The molecule has 0 amide bonds. The zero-order valence-electron chi connectivity index (χ0n) is 8.49. The third-order valence-corrected chi connectivity index (χ3v) is 2.54. The van der Waals surface area contributed by atoms with Crippen molar-refractivity contribution in [2.45, 2.75) is 6.61 Å². The van der Waals surface area contributed by atoms with Crippen LogP contribution in [0.15, 0.2) is 53.0 Å². The van der Waals surface area contributed by atoms with E-state index >= 15 is 0 Å². The van der Waals surface area contributed by atoms with E-state index < -0.39 is 0 Å². The lowest BCUT2D eigenvalue weighted by Gasteiger charge is -2.06. The van der Waals surface area contributed by atoms with Gasteiger partial charge in [-0.1, -0.05) is 46.3 Å². The molecule has 16 heavy (non-hydrogen) atoms. The molecule has 82 valence electrons. The van der Waals surface area contributed by atoms with Crippen molar-refractivity contribution in [3.05, 3.63) is 64.4 Å². The van der Waals surface area contributed by atoms with Crippen molar-refractivity contribution in [1.82, 2.24) is 0 Å². The molecule has 0 fully saturated rings. The van der Waals surface area contributed by atoms with Gasteiger partial charge in [-0.3, -0.25) is 0 Å². The highest BCUT2D eigenvalue weighted by atomic mass is 79.9. The Labute approximate surface area is 102 Å². The van der Waals surface area contributed by atoms with Gasteiger partial charge < -0.3 is 4.74 Å². The first-order chi connectivity index (χ1) is 7.74. The highest BCUT2D eigenvalue weighted by Crippen LogP contribution is 2.21. The molecule has 0 aliphatic rings. The van der Waals surface area contributed by atoms with Gasteiger partial charge in [0.2, 0.25) is 0 Å². The lowest BCUT2D eigenvalue weighted by atomic mass is 10.2. The highest BCUT2D eigenvalue weighted by molar-refractivity contribution is 9.10. The Hall–Kier alpha value is -1.35. The number of halogens is 2. The third-order valence-electron chi connectivity index (χ3n) is 2.08. The monoisotopic (exact) mass is 280 g/mol. The summed E-state index contributed by atoms with van der Waals surface area (Å²) < 4.78 is 19.2. The van der Waals surface area contributed by atoms with Crippen LogP contribution in [0.25, 0.3) is 0 Å². The van der Waals surface area contributed by atoms with Crippen LogP contribution in [0.4, 0.5) is 4.39 Å². The van der Waals surface area contributed by atoms with Crippen LogP contribution in [0.2, 0.25) is 0 Å². The van der Waals surface area contributed by atoms with Gasteiger partial charge in [-0.05, 0) is 17.7 Å². The maximum absolute atomic E-state index is 13.0. The second-order valence-corrected chi connectivity index (χ2v) is 4.30. The SMILES string of the molecule is Fc1cc(Br)cc(OCc2ccccc2)c1. The number of hydrogen-bond acceptors (Lipinski definition) is 1. The fourth-order valence-electron chi connectivity index (χ4n) is 1.35. The maximum atomic E-state index is 13.0. The molecular weight excluding hydrogens is 271 g/mol. The molecule has 0 radical (unpaired) electrons. The average molecular weight is 281 g/mol. The van der Waals surface area contributed by atoms with Crippen LogP contribution >= 0.6 is 15.9 Å². The normalized spacial score (nSPS) is 10.1. The topological polar surface area (TPSA) is 9.23 Å². The standard InChI is InChI=1S/C13H10BrFO/c14-11-6-12(15)8-13(7-11)16-9-10-4-2-1-3-5-10/h1-8H,9H2. The number of ether oxygens (including phenoxy) is 1. The third kappa shape index (κ3) is 3.07. The van der Waals surface area contributed by atoms with Gasteiger partial charge in [0.1, 0.15) is 18.2 Å². The fraction of sp³-hybridized carbons (Fsp3) is 0.0769. The van der Waals surface area contributed by atoms with E-state index in [9.17, 15) is 4.39 Å². The molecule has 0 heterocycles. The zero-order valence-corrected chi connectivity index (χ0v) is 10.1. The van der Waals surface area contributed by atoms with Gasteiger partial charge in [-0.2, -0.15) is 0 Å². The van der Waals surface area contributed by atoms with E-state index in [-0.39, 0.29) is 5.82 Å². The highest BCUT2D eigenvalue weighted by Gasteiger charge is 2.00. The molecular formula is C13H10BrFO. The second kappa shape index (κ2) is 5.12. The predicted molar refractivity (Wildman–Crippen MR) is 64.9 cm³/mol. The van der Waals surface area contributed by atoms with Gasteiger partial charge in [0.15, 0.2) is 0 Å². The minimum atomic E-state index is -0.308. The van der Waals surface area contributed by atoms with Gasteiger partial charge in [-0.25, -0.2) is 4.39 Å². The van der Waals surface area contributed by atoms with Crippen LogP contribution in [0.3, 0.4) is 0 Å². The molecule has 0 unspecified atom stereocenters. The summed E-state index contributed by atoms with van der Waals surface area (Å²) in [4.78, 5) is 0. The van der Waals surface area contributed by atoms with Crippen LogP contribution < -0.4 is 4.74 Å². The van der Waals surface area contributed by atoms with Gasteiger partial charge in [0.25, 0.3) is 0 Å². The molecule has 1 nitrogen and oxygen atoms in total. The Kier molecular flexibility index (Phi) is 3.57. The molecule has 0 aromatic heterocycles. The molecule has 0 bridgehead atoms. The summed E-state index contributed by atoms with van der Waals surface area (Å²) in [5.74, 6) is 0.216. The van der Waals surface area contributed by atoms with Gasteiger partial charge >= 0.3 is 0 Å². The summed E-state index contributed by atoms with van der Waals surface area (Å²) in [5, 5.41) is 0. The van der Waals surface area contributed by atoms with E-state index in [0.717, 1.165) is 5.56 Å². The van der Waals surface area contributed by atoms with E-state index in [1.54, 1.807) is 6.07 Å². The van der Waals surface area contributed by atoms with Crippen molar-refractivity contribution in [3.63, 3.8) is 0 Å². The number of hydrogen-bond donors (Lipinski definition) is 0. The lowest BCUT2D eigenvalue weighted by Crippen LogP contribution is -1.95. The van der Waals surface area contributed by atoms with Crippen molar-refractivity contribution in [1.29, 1.82) is 0 Å². The smallest absolute Gasteiger partial charge is 0.128 e. The first-order valence-electron chi connectivity index (χ1n) is 4.87. The molecule has 2 rings (SSSR count). The zero-order chi connectivity index (χ0) is 11.4. The quantitative estimate of drug-likeness (QED) is 0.820.